The van der Waals surface area contributed by atoms with Crippen LogP contribution in [-0.4, -0.2) is 12.4 Å². The third-order valence-corrected chi connectivity index (χ3v) is 3.27. The Hall–Kier alpha value is -0.610. The Balaban J connectivity index is 2.29. The van der Waals surface area contributed by atoms with Crippen molar-refractivity contribution in [1.29, 1.82) is 0 Å². The maximum atomic E-state index is 12.1. The summed E-state index contributed by atoms with van der Waals surface area (Å²) in [6, 6.07) is 5.55. The molecule has 16 heavy (non-hydrogen) atoms. The zero-order valence-corrected chi connectivity index (χ0v) is 11.7. The second-order valence-electron chi connectivity index (χ2n) is 3.60. The van der Waals surface area contributed by atoms with Gasteiger partial charge in [0.1, 0.15) is 0 Å². The fourth-order valence-corrected chi connectivity index (χ4v) is 2.90. The molecule has 1 aromatic rings. The quantitative estimate of drug-likeness (QED) is 0.754. The molecule has 0 saturated heterocycles. The highest BCUT2D eigenvalue weighted by molar-refractivity contribution is 9.11. The van der Waals surface area contributed by atoms with E-state index in [1.807, 2.05) is 18.2 Å². The number of benzene rings is 1. The minimum Gasteiger partial charge on any atom is -0.501 e. The van der Waals surface area contributed by atoms with Gasteiger partial charge in [-0.15, -0.1) is 0 Å². The van der Waals surface area contributed by atoms with Crippen molar-refractivity contribution < 1.29 is 9.53 Å². The first kappa shape index (κ1) is 11.9. The molecule has 1 aliphatic heterocycles. The lowest BCUT2D eigenvalue weighted by molar-refractivity contribution is 0.101. The SMILES string of the molecule is O=C(C1=COCCC1)c1cc(Br)cc(Br)c1. The van der Waals surface area contributed by atoms with E-state index in [0.29, 0.717) is 12.2 Å². The average Bonchev–Trinajstić information content (AvgIpc) is 2.28. The molecule has 0 saturated carbocycles. The number of carbonyl (C=O) groups excluding carboxylic acids is 1. The molecule has 1 aliphatic rings. The first-order valence-corrected chi connectivity index (χ1v) is 6.57. The number of Topliss-reactive ketones (excluding diaryl/α,β-unsaturated/α-hetero) is 1. The third kappa shape index (κ3) is 2.74. The topological polar surface area (TPSA) is 26.3 Å². The number of halogens is 2. The van der Waals surface area contributed by atoms with E-state index in [0.717, 1.165) is 27.4 Å². The molecule has 0 aromatic heterocycles. The molecule has 1 heterocycles. The van der Waals surface area contributed by atoms with Gasteiger partial charge < -0.3 is 4.74 Å². The van der Waals surface area contributed by atoms with Crippen molar-refractivity contribution in [2.75, 3.05) is 6.61 Å². The molecule has 0 N–H and O–H groups in total. The van der Waals surface area contributed by atoms with Gasteiger partial charge in [0.15, 0.2) is 5.78 Å². The molecule has 0 atom stereocenters. The van der Waals surface area contributed by atoms with Gasteiger partial charge in [-0.2, -0.15) is 0 Å². The Morgan fingerprint density at radius 1 is 1.19 bits per heavy atom. The lowest BCUT2D eigenvalue weighted by Gasteiger charge is -2.12. The summed E-state index contributed by atoms with van der Waals surface area (Å²) in [6.45, 7) is 0.707. The number of hydrogen-bond donors (Lipinski definition) is 0. The van der Waals surface area contributed by atoms with Crippen molar-refractivity contribution in [3.63, 3.8) is 0 Å². The first-order valence-electron chi connectivity index (χ1n) is 4.98. The molecule has 1 aromatic carbocycles. The number of rotatable bonds is 2. The smallest absolute Gasteiger partial charge is 0.192 e. The lowest BCUT2D eigenvalue weighted by Crippen LogP contribution is -2.09. The number of ketones is 1. The molecule has 0 amide bonds. The highest BCUT2D eigenvalue weighted by Crippen LogP contribution is 2.24. The van der Waals surface area contributed by atoms with E-state index in [2.05, 4.69) is 31.9 Å². The van der Waals surface area contributed by atoms with Crippen molar-refractivity contribution >= 4 is 37.6 Å². The van der Waals surface area contributed by atoms with Crippen molar-refractivity contribution in [2.45, 2.75) is 12.8 Å². The number of ether oxygens (including phenoxy) is 1. The fourth-order valence-electron chi connectivity index (χ4n) is 1.60. The predicted molar refractivity (Wildman–Crippen MR) is 69.4 cm³/mol. The molecule has 0 radical (unpaired) electrons. The third-order valence-electron chi connectivity index (χ3n) is 2.35. The van der Waals surface area contributed by atoms with Crippen LogP contribution in [0.1, 0.15) is 23.2 Å². The molecule has 2 rings (SSSR count). The predicted octanol–water partition coefficient (Wildman–Crippen LogP) is 4.09. The van der Waals surface area contributed by atoms with Crippen LogP contribution < -0.4 is 0 Å². The monoisotopic (exact) mass is 344 g/mol. The standard InChI is InChI=1S/C12H10Br2O2/c13-10-4-9(5-11(14)6-10)12(15)8-2-1-3-16-7-8/h4-7H,1-3H2. The van der Waals surface area contributed by atoms with Crippen LogP contribution in [-0.2, 0) is 4.74 Å². The highest BCUT2D eigenvalue weighted by atomic mass is 79.9. The molecule has 0 fully saturated rings. The summed E-state index contributed by atoms with van der Waals surface area (Å²) < 4.78 is 6.96. The van der Waals surface area contributed by atoms with Gasteiger partial charge in [-0.1, -0.05) is 31.9 Å². The zero-order chi connectivity index (χ0) is 11.5. The van der Waals surface area contributed by atoms with Gasteiger partial charge in [0, 0.05) is 20.1 Å². The van der Waals surface area contributed by atoms with Gasteiger partial charge in [0.05, 0.1) is 12.9 Å². The van der Waals surface area contributed by atoms with E-state index in [-0.39, 0.29) is 5.78 Å². The molecule has 2 nitrogen and oxygen atoms in total. The molecule has 0 aliphatic carbocycles. The van der Waals surface area contributed by atoms with E-state index >= 15 is 0 Å². The van der Waals surface area contributed by atoms with E-state index in [1.165, 1.54) is 0 Å². The molecule has 0 bridgehead atoms. The van der Waals surface area contributed by atoms with Crippen LogP contribution in [0.4, 0.5) is 0 Å². The number of hydrogen-bond acceptors (Lipinski definition) is 2. The summed E-state index contributed by atoms with van der Waals surface area (Å²) in [7, 11) is 0. The summed E-state index contributed by atoms with van der Waals surface area (Å²) in [6.07, 6.45) is 3.29. The molecule has 0 unspecified atom stereocenters. The minimum absolute atomic E-state index is 0.0432. The molecule has 4 heteroatoms. The van der Waals surface area contributed by atoms with Crippen molar-refractivity contribution in [3.05, 3.63) is 44.5 Å². The van der Waals surface area contributed by atoms with E-state index < -0.39 is 0 Å². The Morgan fingerprint density at radius 3 is 2.44 bits per heavy atom. The van der Waals surface area contributed by atoms with Gasteiger partial charge >= 0.3 is 0 Å². The molecular formula is C12H10Br2O2. The van der Waals surface area contributed by atoms with Crippen LogP contribution in [0, 0.1) is 0 Å². The van der Waals surface area contributed by atoms with Crippen LogP contribution in [0.3, 0.4) is 0 Å². The van der Waals surface area contributed by atoms with Crippen molar-refractivity contribution in [2.24, 2.45) is 0 Å². The second-order valence-corrected chi connectivity index (χ2v) is 5.44. The van der Waals surface area contributed by atoms with Gasteiger partial charge in [0.25, 0.3) is 0 Å². The van der Waals surface area contributed by atoms with Crippen molar-refractivity contribution in [3.8, 4) is 0 Å². The maximum Gasteiger partial charge on any atom is 0.192 e. The van der Waals surface area contributed by atoms with E-state index in [9.17, 15) is 4.79 Å². The van der Waals surface area contributed by atoms with E-state index in [4.69, 9.17) is 4.74 Å². The average molecular weight is 346 g/mol. The van der Waals surface area contributed by atoms with Gasteiger partial charge in [-0.25, -0.2) is 0 Å². The van der Waals surface area contributed by atoms with Crippen LogP contribution in [0.25, 0.3) is 0 Å². The Morgan fingerprint density at radius 2 is 1.88 bits per heavy atom. The lowest BCUT2D eigenvalue weighted by atomic mass is 10.00. The molecular weight excluding hydrogens is 336 g/mol. The Labute approximate surface area is 111 Å². The van der Waals surface area contributed by atoms with Gasteiger partial charge in [-0.05, 0) is 31.0 Å². The van der Waals surface area contributed by atoms with Crippen LogP contribution in [0.2, 0.25) is 0 Å². The van der Waals surface area contributed by atoms with Crippen molar-refractivity contribution in [1.82, 2.24) is 0 Å². The second kappa shape index (κ2) is 5.15. The summed E-state index contributed by atoms with van der Waals surface area (Å²) in [5.41, 5.74) is 1.43. The summed E-state index contributed by atoms with van der Waals surface area (Å²) >= 11 is 6.74. The highest BCUT2D eigenvalue weighted by Gasteiger charge is 2.16. The van der Waals surface area contributed by atoms with Gasteiger partial charge in [-0.3, -0.25) is 4.79 Å². The number of carbonyl (C=O) groups is 1. The minimum atomic E-state index is 0.0432. The summed E-state index contributed by atoms with van der Waals surface area (Å²) in [5.74, 6) is 0.0432. The molecule has 0 spiro atoms. The largest absolute Gasteiger partial charge is 0.501 e. The zero-order valence-electron chi connectivity index (χ0n) is 8.50. The fraction of sp³-hybridized carbons (Fsp3) is 0.250. The maximum absolute atomic E-state index is 12.1. The Kier molecular flexibility index (Phi) is 3.82. The first-order chi connectivity index (χ1) is 7.66. The Bertz CT molecular complexity index is 432. The van der Waals surface area contributed by atoms with E-state index in [1.54, 1.807) is 6.26 Å². The molecule has 84 valence electrons. The summed E-state index contributed by atoms with van der Waals surface area (Å²) in [4.78, 5) is 12.1. The number of allylic oxidation sites excluding steroid dienone is 1. The summed E-state index contributed by atoms with van der Waals surface area (Å²) in [5, 5.41) is 0. The van der Waals surface area contributed by atoms with Crippen LogP contribution in [0.15, 0.2) is 39.0 Å². The van der Waals surface area contributed by atoms with Gasteiger partial charge in [0.2, 0.25) is 0 Å². The van der Waals surface area contributed by atoms with Crippen LogP contribution in [0.5, 0.6) is 0 Å². The normalized spacial score (nSPS) is 15.2. The van der Waals surface area contributed by atoms with Crippen LogP contribution >= 0.6 is 31.9 Å².